The zero-order chi connectivity index (χ0) is 12.8. The third kappa shape index (κ3) is 5.09. The molecule has 1 aliphatic rings. The lowest BCUT2D eigenvalue weighted by Gasteiger charge is -2.14. The van der Waals surface area contributed by atoms with E-state index in [4.69, 9.17) is 4.74 Å². The molecule has 1 unspecified atom stereocenters. The van der Waals surface area contributed by atoms with Crippen molar-refractivity contribution in [1.29, 1.82) is 0 Å². The van der Waals surface area contributed by atoms with Crippen molar-refractivity contribution in [3.05, 3.63) is 34.3 Å². The van der Waals surface area contributed by atoms with Crippen molar-refractivity contribution < 1.29 is 4.74 Å². The lowest BCUT2D eigenvalue weighted by molar-refractivity contribution is 0.121. The summed E-state index contributed by atoms with van der Waals surface area (Å²) in [6.07, 6.45) is 3.84. The second kappa shape index (κ2) is 7.27. The Bertz CT molecular complexity index is 348. The summed E-state index contributed by atoms with van der Waals surface area (Å²) in [7, 11) is 0. The Morgan fingerprint density at radius 3 is 2.72 bits per heavy atom. The van der Waals surface area contributed by atoms with E-state index in [1.54, 1.807) is 0 Å². The van der Waals surface area contributed by atoms with Crippen molar-refractivity contribution in [3.8, 4) is 0 Å². The number of hydrogen-bond donors (Lipinski definition) is 1. The van der Waals surface area contributed by atoms with Gasteiger partial charge in [-0.2, -0.15) is 0 Å². The predicted octanol–water partition coefficient (Wildman–Crippen LogP) is 3.92. The SMILES string of the molecule is CC(NCCCOCC1CC1)c1ccc(Br)cc1. The first kappa shape index (κ1) is 14.0. The van der Waals surface area contributed by atoms with Crippen molar-refractivity contribution in [1.82, 2.24) is 5.32 Å². The second-order valence-electron chi connectivity index (χ2n) is 5.10. The minimum Gasteiger partial charge on any atom is -0.381 e. The third-order valence-corrected chi connectivity index (χ3v) is 3.87. The van der Waals surface area contributed by atoms with Crippen LogP contribution in [-0.2, 0) is 4.74 Å². The molecule has 0 saturated heterocycles. The average molecular weight is 312 g/mol. The van der Waals surface area contributed by atoms with Gasteiger partial charge in [0.05, 0.1) is 0 Å². The van der Waals surface area contributed by atoms with Gasteiger partial charge in [-0.3, -0.25) is 0 Å². The van der Waals surface area contributed by atoms with Crippen LogP contribution in [0.3, 0.4) is 0 Å². The topological polar surface area (TPSA) is 21.3 Å². The van der Waals surface area contributed by atoms with Crippen molar-refractivity contribution >= 4 is 15.9 Å². The Morgan fingerprint density at radius 2 is 2.06 bits per heavy atom. The van der Waals surface area contributed by atoms with Gasteiger partial charge in [-0.05, 0) is 56.3 Å². The molecular formula is C15H22BrNO. The van der Waals surface area contributed by atoms with Gasteiger partial charge in [0.2, 0.25) is 0 Å². The summed E-state index contributed by atoms with van der Waals surface area (Å²) in [5, 5.41) is 3.53. The maximum Gasteiger partial charge on any atom is 0.0494 e. The van der Waals surface area contributed by atoms with Crippen LogP contribution in [0.25, 0.3) is 0 Å². The standard InChI is InChI=1S/C15H22BrNO/c1-12(14-5-7-15(16)8-6-14)17-9-2-10-18-11-13-3-4-13/h5-8,12-13,17H,2-4,9-11H2,1H3. The number of benzene rings is 1. The summed E-state index contributed by atoms with van der Waals surface area (Å²) in [5.41, 5.74) is 1.33. The molecular weight excluding hydrogens is 290 g/mol. The zero-order valence-corrected chi connectivity index (χ0v) is 12.6. The molecule has 0 radical (unpaired) electrons. The number of rotatable bonds is 8. The Labute approximate surface area is 118 Å². The minimum atomic E-state index is 0.404. The molecule has 0 spiro atoms. The van der Waals surface area contributed by atoms with Gasteiger partial charge < -0.3 is 10.1 Å². The number of nitrogens with one attached hydrogen (secondary N) is 1. The van der Waals surface area contributed by atoms with Crippen molar-refractivity contribution in [3.63, 3.8) is 0 Å². The lowest BCUT2D eigenvalue weighted by atomic mass is 10.1. The average Bonchev–Trinajstić information content (AvgIpc) is 3.18. The van der Waals surface area contributed by atoms with E-state index in [9.17, 15) is 0 Å². The van der Waals surface area contributed by atoms with E-state index >= 15 is 0 Å². The third-order valence-electron chi connectivity index (χ3n) is 3.34. The molecule has 0 bridgehead atoms. The van der Waals surface area contributed by atoms with E-state index in [0.717, 1.165) is 36.6 Å². The fourth-order valence-corrected chi connectivity index (χ4v) is 2.16. The van der Waals surface area contributed by atoms with Crippen LogP contribution >= 0.6 is 15.9 Å². The van der Waals surface area contributed by atoms with Crippen LogP contribution in [0.4, 0.5) is 0 Å². The van der Waals surface area contributed by atoms with Crippen LogP contribution in [-0.4, -0.2) is 19.8 Å². The fourth-order valence-electron chi connectivity index (χ4n) is 1.90. The molecule has 100 valence electrons. The van der Waals surface area contributed by atoms with Gasteiger partial charge >= 0.3 is 0 Å². The highest BCUT2D eigenvalue weighted by Crippen LogP contribution is 2.28. The monoisotopic (exact) mass is 311 g/mol. The van der Waals surface area contributed by atoms with Gasteiger partial charge in [0.1, 0.15) is 0 Å². The maximum absolute atomic E-state index is 5.61. The largest absolute Gasteiger partial charge is 0.381 e. The molecule has 3 heteroatoms. The summed E-state index contributed by atoms with van der Waals surface area (Å²) >= 11 is 3.46. The molecule has 0 aliphatic heterocycles. The first-order valence-corrected chi connectivity index (χ1v) is 7.61. The Hall–Kier alpha value is -0.380. The molecule has 1 aliphatic carbocycles. The van der Waals surface area contributed by atoms with Gasteiger partial charge in [0, 0.05) is 23.7 Å². The Kier molecular flexibility index (Phi) is 5.67. The van der Waals surface area contributed by atoms with Crippen LogP contribution in [0.2, 0.25) is 0 Å². The summed E-state index contributed by atoms with van der Waals surface area (Å²) in [5.74, 6) is 0.875. The second-order valence-corrected chi connectivity index (χ2v) is 6.01. The molecule has 0 heterocycles. The molecule has 0 amide bonds. The Morgan fingerprint density at radius 1 is 1.33 bits per heavy atom. The van der Waals surface area contributed by atoms with Gasteiger partial charge in [0.15, 0.2) is 0 Å². The molecule has 2 rings (SSSR count). The molecule has 1 atom stereocenters. The molecule has 0 aromatic heterocycles. The van der Waals surface area contributed by atoms with E-state index in [2.05, 4.69) is 52.4 Å². The van der Waals surface area contributed by atoms with Crippen LogP contribution in [0.15, 0.2) is 28.7 Å². The minimum absolute atomic E-state index is 0.404. The molecule has 1 fully saturated rings. The van der Waals surface area contributed by atoms with E-state index in [1.165, 1.54) is 18.4 Å². The van der Waals surface area contributed by atoms with Crippen molar-refractivity contribution in [2.75, 3.05) is 19.8 Å². The van der Waals surface area contributed by atoms with Gasteiger partial charge in [-0.15, -0.1) is 0 Å². The summed E-state index contributed by atoms with van der Waals surface area (Å²) in [4.78, 5) is 0. The first-order valence-electron chi connectivity index (χ1n) is 6.82. The number of ether oxygens (including phenoxy) is 1. The summed E-state index contributed by atoms with van der Waals surface area (Å²) in [6.45, 7) is 5.08. The molecule has 1 saturated carbocycles. The lowest BCUT2D eigenvalue weighted by Crippen LogP contribution is -2.21. The zero-order valence-electron chi connectivity index (χ0n) is 11.0. The van der Waals surface area contributed by atoms with Gasteiger partial charge in [-0.25, -0.2) is 0 Å². The highest BCUT2D eigenvalue weighted by atomic mass is 79.9. The molecule has 1 aromatic carbocycles. The highest BCUT2D eigenvalue weighted by molar-refractivity contribution is 9.10. The van der Waals surface area contributed by atoms with Crippen LogP contribution < -0.4 is 5.32 Å². The maximum atomic E-state index is 5.61. The van der Waals surface area contributed by atoms with Gasteiger partial charge in [0.25, 0.3) is 0 Å². The molecule has 18 heavy (non-hydrogen) atoms. The van der Waals surface area contributed by atoms with Crippen LogP contribution in [0.1, 0.15) is 37.8 Å². The van der Waals surface area contributed by atoms with E-state index < -0.39 is 0 Å². The van der Waals surface area contributed by atoms with Gasteiger partial charge in [-0.1, -0.05) is 28.1 Å². The van der Waals surface area contributed by atoms with Crippen LogP contribution in [0.5, 0.6) is 0 Å². The smallest absolute Gasteiger partial charge is 0.0494 e. The van der Waals surface area contributed by atoms with E-state index in [-0.39, 0.29) is 0 Å². The van der Waals surface area contributed by atoms with Crippen LogP contribution in [0, 0.1) is 5.92 Å². The summed E-state index contributed by atoms with van der Waals surface area (Å²) < 4.78 is 6.75. The predicted molar refractivity (Wildman–Crippen MR) is 78.7 cm³/mol. The van der Waals surface area contributed by atoms with E-state index in [1.807, 2.05) is 0 Å². The number of halogens is 1. The van der Waals surface area contributed by atoms with Crippen molar-refractivity contribution in [2.45, 2.75) is 32.2 Å². The van der Waals surface area contributed by atoms with Crippen molar-refractivity contribution in [2.24, 2.45) is 5.92 Å². The first-order chi connectivity index (χ1) is 8.75. The molecule has 1 N–H and O–H groups in total. The Balaban J connectivity index is 1.56. The molecule has 1 aromatic rings. The highest BCUT2D eigenvalue weighted by Gasteiger charge is 2.20. The normalized spacial score (nSPS) is 16.8. The quantitative estimate of drug-likeness (QED) is 0.735. The molecule has 2 nitrogen and oxygen atoms in total. The fraction of sp³-hybridized carbons (Fsp3) is 0.600. The summed E-state index contributed by atoms with van der Waals surface area (Å²) in [6, 6.07) is 8.90. The van der Waals surface area contributed by atoms with E-state index in [0.29, 0.717) is 6.04 Å². The number of hydrogen-bond acceptors (Lipinski definition) is 2.